The van der Waals surface area contributed by atoms with Crippen LogP contribution in [0.2, 0.25) is 0 Å². The van der Waals surface area contributed by atoms with Gasteiger partial charge in [0.25, 0.3) is 0 Å². The maximum Gasteiger partial charge on any atom is 0.323 e. The molecule has 4 aromatic rings. The van der Waals surface area contributed by atoms with Crippen molar-refractivity contribution >= 4 is 23.1 Å². The van der Waals surface area contributed by atoms with E-state index in [1.54, 1.807) is 12.5 Å². The van der Waals surface area contributed by atoms with Crippen molar-refractivity contribution < 1.29 is 9.53 Å². The quantitative estimate of drug-likeness (QED) is 0.294. The number of urea groups is 1. The lowest BCUT2D eigenvalue weighted by molar-refractivity contribution is 0.225. The Morgan fingerprint density at radius 2 is 1.68 bits per heavy atom. The largest absolute Gasteiger partial charge is 0.491 e. The van der Waals surface area contributed by atoms with Crippen LogP contribution in [-0.2, 0) is 0 Å². The Kier molecular flexibility index (Phi) is 8.20. The second-order valence-electron chi connectivity index (χ2n) is 9.41. The molecule has 0 saturated carbocycles. The summed E-state index contributed by atoms with van der Waals surface area (Å²) in [5.74, 6) is 0.685. The van der Waals surface area contributed by atoms with E-state index in [0.717, 1.165) is 50.4 Å². The van der Waals surface area contributed by atoms with Crippen molar-refractivity contribution in [1.29, 1.82) is 0 Å². The zero-order chi connectivity index (χ0) is 26.2. The number of ether oxygens (including phenoxy) is 1. The van der Waals surface area contributed by atoms with E-state index in [1.807, 2.05) is 60.2 Å². The van der Waals surface area contributed by atoms with E-state index < -0.39 is 0 Å². The van der Waals surface area contributed by atoms with Crippen molar-refractivity contribution in [2.24, 2.45) is 0 Å². The van der Waals surface area contributed by atoms with Crippen molar-refractivity contribution in [1.82, 2.24) is 14.5 Å². The first kappa shape index (κ1) is 25.4. The summed E-state index contributed by atoms with van der Waals surface area (Å²) in [7, 11) is 0. The monoisotopic (exact) mass is 510 g/mol. The third-order valence-corrected chi connectivity index (χ3v) is 6.77. The number of hydrogen-bond acceptors (Lipinski definition) is 5. The van der Waals surface area contributed by atoms with Crippen LogP contribution in [0.15, 0.2) is 91.5 Å². The number of aromatic nitrogens is 2. The van der Waals surface area contributed by atoms with Gasteiger partial charge >= 0.3 is 6.03 Å². The van der Waals surface area contributed by atoms with Gasteiger partial charge in [-0.15, -0.1) is 0 Å². The first-order valence-corrected chi connectivity index (χ1v) is 13.1. The number of anilines is 3. The molecule has 0 radical (unpaired) electrons. The molecule has 1 aliphatic rings. The van der Waals surface area contributed by atoms with Crippen LogP contribution < -0.4 is 20.3 Å². The molecule has 2 amide bonds. The minimum Gasteiger partial charge on any atom is -0.491 e. The summed E-state index contributed by atoms with van der Waals surface area (Å²) in [4.78, 5) is 21.8. The van der Waals surface area contributed by atoms with Crippen molar-refractivity contribution in [3.05, 3.63) is 97.1 Å². The normalized spacial score (nSPS) is 13.8. The second kappa shape index (κ2) is 12.3. The van der Waals surface area contributed by atoms with E-state index >= 15 is 0 Å². The van der Waals surface area contributed by atoms with Crippen molar-refractivity contribution in [2.75, 3.05) is 54.9 Å². The summed E-state index contributed by atoms with van der Waals surface area (Å²) in [6.45, 7) is 7.73. The number of piperazine rings is 1. The molecule has 0 aliphatic carbocycles. The molecular formula is C30H34N6O2. The van der Waals surface area contributed by atoms with Crippen LogP contribution in [0.3, 0.4) is 0 Å². The topological polar surface area (TPSA) is 74.7 Å². The van der Waals surface area contributed by atoms with Gasteiger partial charge in [0.05, 0.1) is 18.6 Å². The zero-order valence-corrected chi connectivity index (χ0v) is 21.7. The summed E-state index contributed by atoms with van der Waals surface area (Å²) in [6, 6.07) is 23.7. The van der Waals surface area contributed by atoms with E-state index in [4.69, 9.17) is 4.74 Å². The average Bonchev–Trinajstić information content (AvgIpc) is 3.49. The fraction of sp³-hybridized carbons (Fsp3) is 0.267. The third-order valence-electron chi connectivity index (χ3n) is 6.77. The first-order valence-electron chi connectivity index (χ1n) is 13.1. The van der Waals surface area contributed by atoms with Crippen molar-refractivity contribution in [2.45, 2.75) is 13.3 Å². The SMILES string of the molecule is Cc1cccc(OCCCN2CCN(c3ccccc3)CC2)c1NC(=O)Nc1ccc(-n2ccnc2)cc1. The Morgan fingerprint density at radius 3 is 2.42 bits per heavy atom. The number of imidazole rings is 1. The van der Waals surface area contributed by atoms with Crippen LogP contribution in [-0.4, -0.2) is 59.8 Å². The lowest BCUT2D eigenvalue weighted by Gasteiger charge is -2.36. The number of amides is 2. The Labute approximate surface area is 223 Å². The predicted molar refractivity (Wildman–Crippen MR) is 153 cm³/mol. The molecule has 2 N–H and O–H groups in total. The molecule has 1 saturated heterocycles. The highest BCUT2D eigenvalue weighted by Crippen LogP contribution is 2.28. The number of nitrogens with one attached hydrogen (secondary N) is 2. The van der Waals surface area contributed by atoms with E-state index in [-0.39, 0.29) is 6.03 Å². The molecule has 196 valence electrons. The van der Waals surface area contributed by atoms with E-state index in [2.05, 4.69) is 55.7 Å². The Hall–Kier alpha value is -4.30. The molecule has 0 spiro atoms. The van der Waals surface area contributed by atoms with Gasteiger partial charge < -0.3 is 24.8 Å². The Bertz CT molecular complexity index is 1300. The maximum atomic E-state index is 12.8. The Morgan fingerprint density at radius 1 is 0.895 bits per heavy atom. The number of para-hydroxylation sites is 2. The first-order chi connectivity index (χ1) is 18.7. The molecule has 1 fully saturated rings. The van der Waals surface area contributed by atoms with Crippen LogP contribution >= 0.6 is 0 Å². The summed E-state index contributed by atoms with van der Waals surface area (Å²) in [5, 5.41) is 5.88. The zero-order valence-electron chi connectivity index (χ0n) is 21.7. The van der Waals surface area contributed by atoms with E-state index in [9.17, 15) is 4.79 Å². The number of nitrogens with zero attached hydrogens (tertiary/aromatic N) is 4. The summed E-state index contributed by atoms with van der Waals surface area (Å²) < 4.78 is 8.03. The predicted octanol–water partition coefficient (Wildman–Crippen LogP) is 5.42. The summed E-state index contributed by atoms with van der Waals surface area (Å²) >= 11 is 0. The molecule has 1 aromatic heterocycles. The highest BCUT2D eigenvalue weighted by Gasteiger charge is 2.17. The van der Waals surface area contributed by atoms with Gasteiger partial charge in [0, 0.05) is 62.2 Å². The molecule has 8 nitrogen and oxygen atoms in total. The van der Waals surface area contributed by atoms with Gasteiger partial charge in [-0.3, -0.25) is 4.90 Å². The number of benzene rings is 3. The molecule has 2 heterocycles. The van der Waals surface area contributed by atoms with Crippen LogP contribution in [0.5, 0.6) is 5.75 Å². The molecule has 38 heavy (non-hydrogen) atoms. The molecule has 0 bridgehead atoms. The van der Waals surface area contributed by atoms with Gasteiger partial charge in [-0.1, -0.05) is 30.3 Å². The Balaban J connectivity index is 1.08. The molecule has 5 rings (SSSR count). The smallest absolute Gasteiger partial charge is 0.323 e. The minimum atomic E-state index is -0.309. The van der Waals surface area contributed by atoms with Gasteiger partial charge in [0.15, 0.2) is 0 Å². The number of hydrogen-bond donors (Lipinski definition) is 2. The molecule has 3 aromatic carbocycles. The van der Waals surface area contributed by atoms with Crippen LogP contribution in [0.4, 0.5) is 21.9 Å². The van der Waals surface area contributed by atoms with Gasteiger partial charge in [0.2, 0.25) is 0 Å². The molecule has 0 atom stereocenters. The lowest BCUT2D eigenvalue weighted by atomic mass is 10.2. The van der Waals surface area contributed by atoms with Gasteiger partial charge in [-0.2, -0.15) is 0 Å². The van der Waals surface area contributed by atoms with Gasteiger partial charge in [-0.05, 0) is 61.4 Å². The number of aryl methyl sites for hydroxylation is 1. The van der Waals surface area contributed by atoms with Crippen LogP contribution in [0, 0.1) is 6.92 Å². The minimum absolute atomic E-state index is 0.309. The maximum absolute atomic E-state index is 12.8. The van der Waals surface area contributed by atoms with Gasteiger partial charge in [0.1, 0.15) is 5.75 Å². The van der Waals surface area contributed by atoms with Gasteiger partial charge in [-0.25, -0.2) is 9.78 Å². The lowest BCUT2D eigenvalue weighted by Crippen LogP contribution is -2.46. The highest BCUT2D eigenvalue weighted by molar-refractivity contribution is 6.01. The number of carbonyl (C=O) groups excluding carboxylic acids is 1. The number of rotatable bonds is 9. The fourth-order valence-electron chi connectivity index (χ4n) is 4.66. The van der Waals surface area contributed by atoms with E-state index in [0.29, 0.717) is 23.7 Å². The highest BCUT2D eigenvalue weighted by atomic mass is 16.5. The summed E-state index contributed by atoms with van der Waals surface area (Å²) in [6.07, 6.45) is 6.27. The second-order valence-corrected chi connectivity index (χ2v) is 9.41. The average molecular weight is 511 g/mol. The number of carbonyl (C=O) groups is 1. The third kappa shape index (κ3) is 6.52. The van der Waals surface area contributed by atoms with Crippen molar-refractivity contribution in [3.63, 3.8) is 0 Å². The standard InChI is InChI=1S/C30H34N6O2/c1-24-7-5-10-28(38-22-6-16-34-18-20-35(21-19-34)26-8-3-2-4-9-26)29(24)33-30(37)32-25-11-13-27(14-12-25)36-17-15-31-23-36/h2-5,7-15,17,23H,6,16,18-22H2,1H3,(H2,32,33,37). The van der Waals surface area contributed by atoms with E-state index in [1.165, 1.54) is 5.69 Å². The van der Waals surface area contributed by atoms with Crippen LogP contribution in [0.25, 0.3) is 5.69 Å². The van der Waals surface area contributed by atoms with Crippen molar-refractivity contribution in [3.8, 4) is 11.4 Å². The molecule has 0 unspecified atom stereocenters. The fourth-order valence-corrected chi connectivity index (χ4v) is 4.66. The molecular weight excluding hydrogens is 476 g/mol. The van der Waals surface area contributed by atoms with Crippen LogP contribution in [0.1, 0.15) is 12.0 Å². The summed E-state index contributed by atoms with van der Waals surface area (Å²) in [5.41, 5.74) is 4.61. The molecule has 1 aliphatic heterocycles. The molecule has 8 heteroatoms.